The van der Waals surface area contributed by atoms with Crippen molar-refractivity contribution in [2.45, 2.75) is 45.9 Å². The van der Waals surface area contributed by atoms with Gasteiger partial charge in [-0.1, -0.05) is 19.1 Å². The van der Waals surface area contributed by atoms with Crippen molar-refractivity contribution in [1.82, 2.24) is 4.98 Å². The Morgan fingerprint density at radius 1 is 1.12 bits per heavy atom. The Bertz CT molecular complexity index is 1410. The molecular formula is C28H32F3N3O8. The van der Waals surface area contributed by atoms with Crippen LogP contribution in [0.4, 0.5) is 24.5 Å². The molecule has 0 aliphatic heterocycles. The zero-order valence-electron chi connectivity index (χ0n) is 23.2. The fourth-order valence-electron chi connectivity index (χ4n) is 3.88. The first kappa shape index (κ1) is 33.6. The molecule has 0 atom stereocenters. The lowest BCUT2D eigenvalue weighted by molar-refractivity contribution is -0.192. The number of methoxy groups -OCH3 is 1. The smallest absolute Gasteiger partial charge is 0.490 e. The highest BCUT2D eigenvalue weighted by Gasteiger charge is 2.38. The lowest BCUT2D eigenvalue weighted by Gasteiger charge is -2.19. The Morgan fingerprint density at radius 3 is 2.36 bits per heavy atom. The van der Waals surface area contributed by atoms with E-state index in [2.05, 4.69) is 10.3 Å². The van der Waals surface area contributed by atoms with E-state index in [0.717, 1.165) is 16.8 Å². The van der Waals surface area contributed by atoms with Crippen molar-refractivity contribution in [2.75, 3.05) is 25.6 Å². The second-order valence-corrected chi connectivity index (χ2v) is 8.57. The molecule has 1 heterocycles. The number of aliphatic hydroxyl groups is 1. The van der Waals surface area contributed by atoms with E-state index in [1.807, 2.05) is 25.1 Å². The van der Waals surface area contributed by atoms with E-state index in [-0.39, 0.29) is 24.6 Å². The summed E-state index contributed by atoms with van der Waals surface area (Å²) in [4.78, 5) is 37.1. The molecule has 3 rings (SSSR count). The molecule has 0 bridgehead atoms. The number of nitrogens with one attached hydrogen (secondary N) is 1. The van der Waals surface area contributed by atoms with Gasteiger partial charge < -0.3 is 35.5 Å². The van der Waals surface area contributed by atoms with Crippen LogP contribution >= 0.6 is 0 Å². The second kappa shape index (κ2) is 15.4. The lowest BCUT2D eigenvalue weighted by atomic mass is 10.0. The van der Waals surface area contributed by atoms with E-state index in [9.17, 15) is 27.9 Å². The first-order valence-corrected chi connectivity index (χ1v) is 12.7. The van der Waals surface area contributed by atoms with Gasteiger partial charge in [0.15, 0.2) is 11.5 Å². The van der Waals surface area contributed by atoms with Gasteiger partial charge in [-0.25, -0.2) is 4.79 Å². The molecule has 0 aliphatic rings. The standard InChI is InChI=1S/C26H31N3O6.C2HF3O2/c1-4-17-16(15-30)8-6-9-20(17)29-25-18-12-22(33-3)23(35-11-7-10-24(31)34-5-2)13-21(18)28-14-19(25)26(27)32;3-2(4,5)1(6)7/h6,8-9,12-14,30H,4-5,7,10-11,15H2,1-3H3,(H2,27,32)(H,28,29);(H,6,7). The number of benzene rings is 2. The summed E-state index contributed by atoms with van der Waals surface area (Å²) in [6, 6.07) is 9.04. The monoisotopic (exact) mass is 595 g/mol. The molecule has 0 aliphatic carbocycles. The van der Waals surface area contributed by atoms with E-state index in [1.165, 1.54) is 13.3 Å². The number of carbonyl (C=O) groups excluding carboxylic acids is 2. The van der Waals surface area contributed by atoms with Gasteiger partial charge in [-0.15, -0.1) is 0 Å². The minimum atomic E-state index is -5.08. The summed E-state index contributed by atoms with van der Waals surface area (Å²) in [7, 11) is 1.52. The maximum absolute atomic E-state index is 12.2. The van der Waals surface area contributed by atoms with Crippen LogP contribution < -0.4 is 20.5 Å². The van der Waals surface area contributed by atoms with Gasteiger partial charge in [0, 0.05) is 29.8 Å². The van der Waals surface area contributed by atoms with Crippen LogP contribution in [0.3, 0.4) is 0 Å². The number of primary amides is 1. The third-order valence-corrected chi connectivity index (χ3v) is 5.81. The number of alkyl halides is 3. The Kier molecular flexibility index (Phi) is 12.3. The average molecular weight is 596 g/mol. The number of hydrogen-bond acceptors (Lipinski definition) is 9. The maximum atomic E-state index is 12.2. The van der Waals surface area contributed by atoms with Crippen molar-refractivity contribution >= 4 is 40.1 Å². The van der Waals surface area contributed by atoms with Gasteiger partial charge in [-0.2, -0.15) is 13.2 Å². The molecule has 0 unspecified atom stereocenters. The Balaban J connectivity index is 0.000000782. The van der Waals surface area contributed by atoms with Crippen molar-refractivity contribution in [3.63, 3.8) is 0 Å². The molecule has 3 aromatic rings. The third kappa shape index (κ3) is 8.96. The highest BCUT2D eigenvalue weighted by atomic mass is 19.4. The number of nitrogens with zero attached hydrogens (tertiary/aromatic N) is 1. The van der Waals surface area contributed by atoms with Crippen LogP contribution in [0.2, 0.25) is 0 Å². The summed E-state index contributed by atoms with van der Waals surface area (Å²) < 4.78 is 48.1. The van der Waals surface area contributed by atoms with Gasteiger partial charge in [0.1, 0.15) is 0 Å². The first-order chi connectivity index (χ1) is 19.9. The van der Waals surface area contributed by atoms with E-state index < -0.39 is 18.1 Å². The van der Waals surface area contributed by atoms with Crippen molar-refractivity contribution in [2.24, 2.45) is 5.73 Å². The molecule has 11 nitrogen and oxygen atoms in total. The summed E-state index contributed by atoms with van der Waals surface area (Å²) in [6.45, 7) is 4.30. The van der Waals surface area contributed by atoms with E-state index in [4.69, 9.17) is 29.8 Å². The maximum Gasteiger partial charge on any atom is 0.490 e. The molecule has 5 N–H and O–H groups in total. The van der Waals surface area contributed by atoms with Crippen LogP contribution in [-0.4, -0.2) is 59.5 Å². The fraction of sp³-hybridized carbons (Fsp3) is 0.357. The molecule has 0 saturated carbocycles. The number of pyridine rings is 1. The molecule has 1 amide bonds. The van der Waals surface area contributed by atoms with Crippen molar-refractivity contribution in [3.8, 4) is 11.5 Å². The number of amides is 1. The lowest BCUT2D eigenvalue weighted by Crippen LogP contribution is -2.21. The number of anilines is 2. The Labute approximate surface area is 239 Å². The summed E-state index contributed by atoms with van der Waals surface area (Å²) in [5.41, 5.74) is 9.42. The van der Waals surface area contributed by atoms with Gasteiger partial charge in [0.05, 0.1) is 43.7 Å². The zero-order valence-corrected chi connectivity index (χ0v) is 23.2. The minimum absolute atomic E-state index is 0.0941. The molecule has 42 heavy (non-hydrogen) atoms. The van der Waals surface area contributed by atoms with Crippen LogP contribution in [0.5, 0.6) is 11.5 Å². The summed E-state index contributed by atoms with van der Waals surface area (Å²) in [6.07, 6.45) is -2.24. The number of carbonyl (C=O) groups is 3. The molecule has 1 aromatic heterocycles. The third-order valence-electron chi connectivity index (χ3n) is 5.81. The number of carboxylic acid groups (broad SMARTS) is 1. The number of hydrogen-bond donors (Lipinski definition) is 4. The van der Waals surface area contributed by atoms with Gasteiger partial charge in [-0.05, 0) is 43.0 Å². The average Bonchev–Trinajstić information content (AvgIpc) is 2.94. The normalized spacial score (nSPS) is 10.8. The van der Waals surface area contributed by atoms with Gasteiger partial charge in [0.2, 0.25) is 0 Å². The van der Waals surface area contributed by atoms with Crippen LogP contribution in [0.1, 0.15) is 48.2 Å². The number of aliphatic hydroxyl groups excluding tert-OH is 1. The quantitative estimate of drug-likeness (QED) is 0.173. The van der Waals surface area contributed by atoms with Crippen LogP contribution in [0, 0.1) is 0 Å². The number of carboxylic acids is 1. The highest BCUT2D eigenvalue weighted by Crippen LogP contribution is 2.38. The number of aliphatic carboxylic acids is 1. The Hall–Kier alpha value is -4.59. The molecule has 0 radical (unpaired) electrons. The van der Waals surface area contributed by atoms with Gasteiger partial charge >= 0.3 is 18.1 Å². The predicted octanol–water partition coefficient (Wildman–Crippen LogP) is 4.50. The molecule has 0 fully saturated rings. The zero-order chi connectivity index (χ0) is 31.4. The number of rotatable bonds is 12. The predicted molar refractivity (Wildman–Crippen MR) is 147 cm³/mol. The second-order valence-electron chi connectivity index (χ2n) is 8.57. The number of esters is 1. The van der Waals surface area contributed by atoms with Crippen molar-refractivity contribution in [3.05, 3.63) is 53.2 Å². The number of halogens is 3. The summed E-state index contributed by atoms with van der Waals surface area (Å²) >= 11 is 0. The Morgan fingerprint density at radius 2 is 1.81 bits per heavy atom. The number of aromatic nitrogens is 1. The molecule has 14 heteroatoms. The minimum Gasteiger partial charge on any atom is -0.493 e. The van der Waals surface area contributed by atoms with Crippen molar-refractivity contribution in [1.29, 1.82) is 0 Å². The molecule has 0 saturated heterocycles. The number of ether oxygens (including phenoxy) is 3. The highest BCUT2D eigenvalue weighted by molar-refractivity contribution is 6.08. The van der Waals surface area contributed by atoms with Crippen LogP contribution in [0.15, 0.2) is 36.5 Å². The van der Waals surface area contributed by atoms with Crippen LogP contribution in [-0.2, 0) is 27.4 Å². The number of fused-ring (bicyclic) bond motifs is 1. The fourth-order valence-corrected chi connectivity index (χ4v) is 3.88. The largest absolute Gasteiger partial charge is 0.493 e. The molecular weight excluding hydrogens is 563 g/mol. The van der Waals surface area contributed by atoms with E-state index in [0.29, 0.717) is 54.1 Å². The molecule has 0 spiro atoms. The summed E-state index contributed by atoms with van der Waals surface area (Å²) in [5, 5.41) is 20.8. The topological polar surface area (TPSA) is 170 Å². The first-order valence-electron chi connectivity index (χ1n) is 12.7. The van der Waals surface area contributed by atoms with Crippen molar-refractivity contribution < 1.29 is 52.0 Å². The SMILES string of the molecule is CCOC(=O)CCCOc1cc2ncc(C(N)=O)c(Nc3cccc(CO)c3CC)c2cc1OC.O=C(O)C(F)(F)F. The number of nitrogens with two attached hydrogens (primary N) is 1. The molecule has 2 aromatic carbocycles. The summed E-state index contributed by atoms with van der Waals surface area (Å²) in [5.74, 6) is -2.75. The van der Waals surface area contributed by atoms with Crippen LogP contribution in [0.25, 0.3) is 10.9 Å². The van der Waals surface area contributed by atoms with E-state index >= 15 is 0 Å². The van der Waals surface area contributed by atoms with Gasteiger partial charge in [0.25, 0.3) is 5.91 Å². The van der Waals surface area contributed by atoms with E-state index in [1.54, 1.807) is 19.1 Å². The molecule has 228 valence electrons. The van der Waals surface area contributed by atoms with Gasteiger partial charge in [-0.3, -0.25) is 14.6 Å².